The number of fused-ring (bicyclic) bond motifs is 2. The fourth-order valence-electron chi connectivity index (χ4n) is 4.41. The van der Waals surface area contributed by atoms with Crippen molar-refractivity contribution < 1.29 is 9.15 Å². The molecule has 5 rings (SSSR count). The highest BCUT2D eigenvalue weighted by Crippen LogP contribution is 2.39. The molecule has 0 radical (unpaired) electrons. The molecule has 2 aliphatic rings. The molecule has 25 heavy (non-hydrogen) atoms. The molecule has 4 heterocycles. The molecule has 1 fully saturated rings. The van der Waals surface area contributed by atoms with Crippen molar-refractivity contribution in [3.05, 3.63) is 36.2 Å². The molecule has 0 spiro atoms. The van der Waals surface area contributed by atoms with Crippen LogP contribution >= 0.6 is 0 Å². The summed E-state index contributed by atoms with van der Waals surface area (Å²) in [5.74, 6) is 4.02. The molecule has 3 aromatic rings. The lowest BCUT2D eigenvalue weighted by Gasteiger charge is -2.28. The highest BCUT2D eigenvalue weighted by molar-refractivity contribution is 5.81. The maximum absolute atomic E-state index is 6.06. The molecule has 5 heteroatoms. The number of hydrogen-bond donors (Lipinski definition) is 0. The van der Waals surface area contributed by atoms with Gasteiger partial charge in [-0.15, -0.1) is 10.2 Å². The molecule has 1 saturated heterocycles. The van der Waals surface area contributed by atoms with E-state index < -0.39 is 0 Å². The lowest BCUT2D eigenvalue weighted by Crippen LogP contribution is -2.23. The molecule has 2 aromatic heterocycles. The summed E-state index contributed by atoms with van der Waals surface area (Å²) in [6.07, 6.45) is 5.92. The molecule has 5 nitrogen and oxygen atoms in total. The van der Waals surface area contributed by atoms with Crippen LogP contribution in [-0.4, -0.2) is 28.0 Å². The Morgan fingerprint density at radius 2 is 1.88 bits per heavy atom. The van der Waals surface area contributed by atoms with E-state index in [2.05, 4.69) is 26.9 Å². The molecular weight excluding hydrogens is 314 g/mol. The molecule has 0 bridgehead atoms. The molecular formula is C20H23N3O2. The highest BCUT2D eigenvalue weighted by Gasteiger charge is 2.32. The van der Waals surface area contributed by atoms with Crippen LogP contribution < -0.4 is 0 Å². The summed E-state index contributed by atoms with van der Waals surface area (Å²) in [5, 5.41) is 10.3. The molecule has 1 atom stereocenters. The van der Waals surface area contributed by atoms with Gasteiger partial charge in [-0.05, 0) is 43.7 Å². The first-order chi connectivity index (χ1) is 12.4. The third-order valence-electron chi connectivity index (χ3n) is 5.74. The lowest BCUT2D eigenvalue weighted by molar-refractivity contribution is 0.0556. The fraction of sp³-hybridized carbons (Fsp3) is 0.500. The molecule has 1 unspecified atom stereocenters. The summed E-state index contributed by atoms with van der Waals surface area (Å²) in [7, 11) is 0. The fourth-order valence-corrected chi connectivity index (χ4v) is 4.41. The monoisotopic (exact) mass is 337 g/mol. The first-order valence-electron chi connectivity index (χ1n) is 9.40. The zero-order chi connectivity index (χ0) is 16.6. The smallest absolute Gasteiger partial charge is 0.199 e. The Labute approximate surface area is 147 Å². The van der Waals surface area contributed by atoms with Crippen LogP contribution in [0.4, 0.5) is 0 Å². The second kappa shape index (κ2) is 6.30. The maximum atomic E-state index is 6.06. The van der Waals surface area contributed by atoms with Crippen LogP contribution in [0.15, 0.2) is 34.7 Å². The number of ether oxygens (including phenoxy) is 1. The zero-order valence-electron chi connectivity index (χ0n) is 14.4. The van der Waals surface area contributed by atoms with E-state index in [1.165, 1.54) is 19.3 Å². The van der Waals surface area contributed by atoms with Crippen molar-refractivity contribution in [2.45, 2.75) is 44.6 Å². The summed E-state index contributed by atoms with van der Waals surface area (Å²) in [4.78, 5) is 0. The zero-order valence-corrected chi connectivity index (χ0v) is 14.4. The largest absolute Gasteiger partial charge is 0.453 e. The van der Waals surface area contributed by atoms with Crippen LogP contribution in [0.3, 0.4) is 0 Å². The van der Waals surface area contributed by atoms with Crippen molar-refractivity contribution in [3.63, 3.8) is 0 Å². The van der Waals surface area contributed by atoms with E-state index in [0.717, 1.165) is 61.0 Å². The van der Waals surface area contributed by atoms with Gasteiger partial charge >= 0.3 is 0 Å². The van der Waals surface area contributed by atoms with Gasteiger partial charge in [-0.3, -0.25) is 0 Å². The summed E-state index contributed by atoms with van der Waals surface area (Å²) in [5.41, 5.74) is 0.907. The molecule has 0 amide bonds. The number of hydrogen-bond acceptors (Lipinski definition) is 4. The van der Waals surface area contributed by atoms with Crippen molar-refractivity contribution in [1.29, 1.82) is 0 Å². The first-order valence-corrected chi connectivity index (χ1v) is 9.40. The summed E-state index contributed by atoms with van der Waals surface area (Å²) in [6, 6.07) is 10.2. The van der Waals surface area contributed by atoms with E-state index in [-0.39, 0.29) is 0 Å². The first kappa shape index (κ1) is 15.1. The molecule has 0 aliphatic carbocycles. The minimum absolute atomic E-state index is 0.497. The van der Waals surface area contributed by atoms with Gasteiger partial charge in [0.1, 0.15) is 11.4 Å². The van der Waals surface area contributed by atoms with Gasteiger partial charge in [-0.25, -0.2) is 0 Å². The van der Waals surface area contributed by atoms with Gasteiger partial charge in [0.15, 0.2) is 11.6 Å². The van der Waals surface area contributed by atoms with Crippen LogP contribution in [0.25, 0.3) is 22.6 Å². The molecule has 0 N–H and O–H groups in total. The Hall–Kier alpha value is -2.14. The van der Waals surface area contributed by atoms with Gasteiger partial charge in [0.25, 0.3) is 0 Å². The minimum Gasteiger partial charge on any atom is -0.453 e. The Kier molecular flexibility index (Phi) is 3.82. The van der Waals surface area contributed by atoms with Gasteiger partial charge in [0.2, 0.25) is 0 Å². The number of nitrogens with zero attached hydrogens (tertiary/aromatic N) is 3. The maximum Gasteiger partial charge on any atom is 0.199 e. The third kappa shape index (κ3) is 2.67. The quantitative estimate of drug-likeness (QED) is 0.696. The van der Waals surface area contributed by atoms with Gasteiger partial charge in [-0.1, -0.05) is 24.6 Å². The Balaban J connectivity index is 1.55. The SMILES string of the molecule is c1ccc2oc(-c3nnc4n3CCCCC4C3CCOCC3)cc2c1. The molecule has 130 valence electrons. The Morgan fingerprint density at radius 3 is 2.76 bits per heavy atom. The van der Waals surface area contributed by atoms with Gasteiger partial charge in [-0.2, -0.15) is 0 Å². The summed E-state index contributed by atoms with van der Waals surface area (Å²) in [6.45, 7) is 2.74. The van der Waals surface area contributed by atoms with Crippen molar-refractivity contribution >= 4 is 11.0 Å². The minimum atomic E-state index is 0.497. The number of aromatic nitrogens is 3. The predicted molar refractivity (Wildman–Crippen MR) is 95.4 cm³/mol. The number of benzene rings is 1. The van der Waals surface area contributed by atoms with Gasteiger partial charge in [0.05, 0.1) is 0 Å². The Bertz CT molecular complexity index is 843. The predicted octanol–water partition coefficient (Wildman–Crippen LogP) is 4.39. The number of rotatable bonds is 2. The summed E-state index contributed by atoms with van der Waals surface area (Å²) >= 11 is 0. The molecule has 2 aliphatic heterocycles. The average molecular weight is 337 g/mol. The second-order valence-electron chi connectivity index (χ2n) is 7.23. The number of para-hydroxylation sites is 1. The van der Waals surface area contributed by atoms with E-state index in [4.69, 9.17) is 9.15 Å². The lowest BCUT2D eigenvalue weighted by atomic mass is 9.82. The number of furan rings is 1. The van der Waals surface area contributed by atoms with Crippen molar-refractivity contribution in [2.24, 2.45) is 5.92 Å². The van der Waals surface area contributed by atoms with Crippen LogP contribution in [-0.2, 0) is 11.3 Å². The third-order valence-corrected chi connectivity index (χ3v) is 5.74. The van der Waals surface area contributed by atoms with Crippen LogP contribution in [0.1, 0.15) is 43.8 Å². The van der Waals surface area contributed by atoms with Crippen molar-refractivity contribution in [3.8, 4) is 11.6 Å². The average Bonchev–Trinajstić information content (AvgIpc) is 3.21. The molecule has 0 saturated carbocycles. The van der Waals surface area contributed by atoms with E-state index in [1.54, 1.807) is 0 Å². The van der Waals surface area contributed by atoms with E-state index >= 15 is 0 Å². The van der Waals surface area contributed by atoms with Crippen molar-refractivity contribution in [1.82, 2.24) is 14.8 Å². The van der Waals surface area contributed by atoms with Crippen LogP contribution in [0, 0.1) is 5.92 Å². The van der Waals surface area contributed by atoms with Gasteiger partial charge in [0, 0.05) is 31.1 Å². The molecule has 1 aromatic carbocycles. The normalized spacial score (nSPS) is 22.0. The Morgan fingerprint density at radius 1 is 1.00 bits per heavy atom. The van der Waals surface area contributed by atoms with E-state index in [0.29, 0.717) is 11.8 Å². The van der Waals surface area contributed by atoms with Gasteiger partial charge < -0.3 is 13.7 Å². The van der Waals surface area contributed by atoms with E-state index in [9.17, 15) is 0 Å². The van der Waals surface area contributed by atoms with Crippen LogP contribution in [0.5, 0.6) is 0 Å². The summed E-state index contributed by atoms with van der Waals surface area (Å²) < 4.78 is 13.9. The van der Waals surface area contributed by atoms with E-state index in [1.807, 2.05) is 18.2 Å². The van der Waals surface area contributed by atoms with Crippen LogP contribution in [0.2, 0.25) is 0 Å². The standard InChI is InChI=1S/C20H23N3O2/c1-2-7-17-15(5-1)13-18(25-17)20-22-21-19-16(6-3-4-10-23(19)20)14-8-11-24-12-9-14/h1-2,5,7,13-14,16H,3-4,6,8-12H2. The highest BCUT2D eigenvalue weighted by atomic mass is 16.5. The van der Waals surface area contributed by atoms with Crippen molar-refractivity contribution in [2.75, 3.05) is 13.2 Å². The topological polar surface area (TPSA) is 53.1 Å². The second-order valence-corrected chi connectivity index (χ2v) is 7.23.